The van der Waals surface area contributed by atoms with Gasteiger partial charge in [0.05, 0.1) is 17.0 Å². The molecule has 4 heteroatoms. The van der Waals surface area contributed by atoms with Gasteiger partial charge < -0.3 is 4.74 Å². The highest BCUT2D eigenvalue weighted by Gasteiger charge is 2.21. The van der Waals surface area contributed by atoms with Crippen LogP contribution in [-0.2, 0) is 0 Å². The van der Waals surface area contributed by atoms with Crippen LogP contribution in [0.15, 0.2) is 16.6 Å². The Morgan fingerprint density at radius 1 is 1.44 bits per heavy atom. The largest absolute Gasteiger partial charge is 0.496 e. The lowest BCUT2D eigenvalue weighted by molar-refractivity contribution is 0.397. The van der Waals surface area contributed by atoms with E-state index in [4.69, 9.17) is 16.3 Å². The minimum atomic E-state index is -0.333. The topological polar surface area (TPSA) is 9.23 Å². The summed E-state index contributed by atoms with van der Waals surface area (Å²) in [5.74, 6) is 0.512. The maximum Gasteiger partial charge on any atom is 0.141 e. The Hall–Kier alpha value is -0.280. The molecule has 0 spiro atoms. The Morgan fingerprint density at radius 2 is 2.11 bits per heavy atom. The molecule has 0 aliphatic heterocycles. The number of methoxy groups -OCH3 is 1. The lowest BCUT2D eigenvalue weighted by atomic mass is 9.95. The lowest BCUT2D eigenvalue weighted by Gasteiger charge is -2.20. The molecule has 1 rings (SSSR count). The van der Waals surface area contributed by atoms with E-state index in [1.54, 1.807) is 6.07 Å². The molecular formula is C14H19BrClFO. The third-order valence-corrected chi connectivity index (χ3v) is 4.36. The molecule has 102 valence electrons. The molecule has 18 heavy (non-hydrogen) atoms. The number of hydrogen-bond donors (Lipinski definition) is 0. The Bertz CT molecular complexity index is 398. The zero-order valence-corrected chi connectivity index (χ0v) is 13.3. The normalized spacial score (nSPS) is 14.3. The van der Waals surface area contributed by atoms with Gasteiger partial charge in [-0.3, -0.25) is 0 Å². The van der Waals surface area contributed by atoms with E-state index in [1.165, 1.54) is 13.2 Å². The highest BCUT2D eigenvalue weighted by Crippen LogP contribution is 2.39. The van der Waals surface area contributed by atoms with Gasteiger partial charge in [0.15, 0.2) is 0 Å². The maximum absolute atomic E-state index is 13.4. The van der Waals surface area contributed by atoms with Gasteiger partial charge in [-0.2, -0.15) is 0 Å². The third-order valence-electron chi connectivity index (χ3n) is 3.08. The molecule has 0 saturated carbocycles. The van der Waals surface area contributed by atoms with E-state index in [-0.39, 0.29) is 11.2 Å². The van der Waals surface area contributed by atoms with Crippen LogP contribution in [0.5, 0.6) is 5.75 Å². The number of hydrogen-bond acceptors (Lipinski definition) is 1. The van der Waals surface area contributed by atoms with E-state index in [2.05, 4.69) is 29.8 Å². The molecule has 2 unspecified atom stereocenters. The van der Waals surface area contributed by atoms with Crippen molar-refractivity contribution < 1.29 is 9.13 Å². The van der Waals surface area contributed by atoms with Crippen LogP contribution in [0.1, 0.15) is 44.1 Å². The summed E-state index contributed by atoms with van der Waals surface area (Å²) in [6, 6.07) is 3.09. The van der Waals surface area contributed by atoms with Crippen LogP contribution in [0.4, 0.5) is 4.39 Å². The zero-order chi connectivity index (χ0) is 13.7. The Morgan fingerprint density at radius 3 is 2.67 bits per heavy atom. The Kier molecular flexibility index (Phi) is 6.44. The van der Waals surface area contributed by atoms with Gasteiger partial charge in [0.1, 0.15) is 11.6 Å². The molecule has 1 aromatic carbocycles. The number of ether oxygens (including phenoxy) is 1. The van der Waals surface area contributed by atoms with Crippen LogP contribution in [0.25, 0.3) is 0 Å². The molecule has 2 atom stereocenters. The number of benzene rings is 1. The van der Waals surface area contributed by atoms with Gasteiger partial charge >= 0.3 is 0 Å². The molecular weight excluding hydrogens is 319 g/mol. The van der Waals surface area contributed by atoms with Gasteiger partial charge in [0.25, 0.3) is 0 Å². The van der Waals surface area contributed by atoms with Crippen LogP contribution in [0.2, 0.25) is 0 Å². The van der Waals surface area contributed by atoms with Crippen molar-refractivity contribution >= 4 is 27.5 Å². The van der Waals surface area contributed by atoms with Crippen LogP contribution < -0.4 is 4.74 Å². The fourth-order valence-corrected chi connectivity index (χ4v) is 2.57. The summed E-state index contributed by atoms with van der Waals surface area (Å²) >= 11 is 9.67. The monoisotopic (exact) mass is 336 g/mol. The van der Waals surface area contributed by atoms with Crippen molar-refractivity contribution in [2.45, 2.75) is 38.5 Å². The van der Waals surface area contributed by atoms with E-state index in [0.29, 0.717) is 16.1 Å². The third kappa shape index (κ3) is 3.86. The van der Waals surface area contributed by atoms with Crippen LogP contribution in [-0.4, -0.2) is 7.11 Å². The first-order chi connectivity index (χ1) is 8.51. The van der Waals surface area contributed by atoms with Gasteiger partial charge in [-0.05, 0) is 34.3 Å². The standard InChI is InChI=1S/C14H19BrClFO/c1-4-5-6-9(2)14(16)10-7-11(15)12(17)8-13(10)18-3/h7-9,14H,4-6H2,1-3H3. The highest BCUT2D eigenvalue weighted by molar-refractivity contribution is 9.10. The van der Waals surface area contributed by atoms with Gasteiger partial charge in [0, 0.05) is 11.6 Å². The summed E-state index contributed by atoms with van der Waals surface area (Å²) in [6.45, 7) is 4.27. The number of alkyl halides is 1. The molecule has 0 aliphatic carbocycles. The van der Waals surface area contributed by atoms with Gasteiger partial charge in [0.2, 0.25) is 0 Å². The first kappa shape index (κ1) is 15.8. The van der Waals surface area contributed by atoms with E-state index in [9.17, 15) is 4.39 Å². The minimum Gasteiger partial charge on any atom is -0.496 e. The van der Waals surface area contributed by atoms with Crippen molar-refractivity contribution in [2.75, 3.05) is 7.11 Å². The molecule has 0 amide bonds. The average Bonchev–Trinajstić information content (AvgIpc) is 2.37. The summed E-state index contributed by atoms with van der Waals surface area (Å²) in [5.41, 5.74) is 0.844. The van der Waals surface area contributed by atoms with Crippen molar-refractivity contribution in [3.05, 3.63) is 28.0 Å². The second-order valence-electron chi connectivity index (χ2n) is 4.53. The van der Waals surface area contributed by atoms with Crippen LogP contribution >= 0.6 is 27.5 Å². The first-order valence-electron chi connectivity index (χ1n) is 6.18. The predicted molar refractivity (Wildman–Crippen MR) is 77.9 cm³/mol. The predicted octanol–water partition coefficient (Wildman–Crippen LogP) is 5.70. The molecule has 0 aromatic heterocycles. The molecule has 0 fully saturated rings. The summed E-state index contributed by atoms with van der Waals surface area (Å²) in [6.07, 6.45) is 3.36. The number of halogens is 3. The SMILES string of the molecule is CCCCC(C)C(Cl)c1cc(Br)c(F)cc1OC. The second kappa shape index (κ2) is 7.34. The fraction of sp³-hybridized carbons (Fsp3) is 0.571. The molecule has 0 bridgehead atoms. The second-order valence-corrected chi connectivity index (χ2v) is 5.85. The first-order valence-corrected chi connectivity index (χ1v) is 7.41. The molecule has 0 N–H and O–H groups in total. The molecule has 1 aromatic rings. The summed E-state index contributed by atoms with van der Waals surface area (Å²) in [7, 11) is 1.53. The van der Waals surface area contributed by atoms with E-state index >= 15 is 0 Å². The molecule has 0 heterocycles. The smallest absolute Gasteiger partial charge is 0.141 e. The van der Waals surface area contributed by atoms with Crippen molar-refractivity contribution in [3.8, 4) is 5.75 Å². The lowest BCUT2D eigenvalue weighted by Crippen LogP contribution is -2.06. The average molecular weight is 338 g/mol. The van der Waals surface area contributed by atoms with Crippen molar-refractivity contribution in [2.24, 2.45) is 5.92 Å². The Labute approximate surface area is 122 Å². The quantitative estimate of drug-likeness (QED) is 0.605. The van der Waals surface area contributed by atoms with Gasteiger partial charge in [-0.15, -0.1) is 11.6 Å². The highest BCUT2D eigenvalue weighted by atomic mass is 79.9. The number of rotatable bonds is 6. The van der Waals surface area contributed by atoms with E-state index in [1.807, 2.05) is 0 Å². The molecule has 0 saturated heterocycles. The summed E-state index contributed by atoms with van der Waals surface area (Å²) < 4.78 is 19.1. The molecule has 1 nitrogen and oxygen atoms in total. The van der Waals surface area contributed by atoms with Crippen LogP contribution in [0, 0.1) is 11.7 Å². The van der Waals surface area contributed by atoms with Crippen molar-refractivity contribution in [3.63, 3.8) is 0 Å². The van der Waals surface area contributed by atoms with Gasteiger partial charge in [-0.25, -0.2) is 4.39 Å². The summed E-state index contributed by atoms with van der Waals surface area (Å²) in [4.78, 5) is 0. The minimum absolute atomic E-state index is 0.164. The maximum atomic E-state index is 13.4. The Balaban J connectivity index is 2.96. The molecule has 0 radical (unpaired) electrons. The fourth-order valence-electron chi connectivity index (χ4n) is 1.92. The zero-order valence-electron chi connectivity index (χ0n) is 11.0. The number of unbranched alkanes of at least 4 members (excludes halogenated alkanes) is 1. The van der Waals surface area contributed by atoms with Gasteiger partial charge in [-0.1, -0.05) is 26.7 Å². The molecule has 0 aliphatic rings. The van der Waals surface area contributed by atoms with Crippen molar-refractivity contribution in [1.29, 1.82) is 0 Å². The summed E-state index contributed by atoms with van der Waals surface area (Å²) in [5, 5.41) is -0.164. The van der Waals surface area contributed by atoms with Crippen LogP contribution in [0.3, 0.4) is 0 Å². The van der Waals surface area contributed by atoms with Crippen molar-refractivity contribution in [1.82, 2.24) is 0 Å². The van der Waals surface area contributed by atoms with E-state index in [0.717, 1.165) is 24.8 Å². The van der Waals surface area contributed by atoms with E-state index < -0.39 is 0 Å².